The summed E-state index contributed by atoms with van der Waals surface area (Å²) >= 11 is 11.9. The minimum atomic E-state index is -0.631. The largest absolute Gasteiger partial charge is 0.354 e. The van der Waals surface area contributed by atoms with Gasteiger partial charge < -0.3 is 9.47 Å². The summed E-state index contributed by atoms with van der Waals surface area (Å²) in [5.41, 5.74) is 0.119. The fourth-order valence-corrected chi connectivity index (χ4v) is 2.25. The van der Waals surface area contributed by atoms with E-state index in [1.807, 2.05) is 6.92 Å². The maximum atomic E-state index is 12.2. The average molecular weight is 301 g/mol. The molecular weight excluding hydrogens is 287 g/mol. The van der Waals surface area contributed by atoms with Crippen molar-refractivity contribution >= 4 is 35.1 Å². The Hall–Kier alpha value is -0.870. The molecule has 0 spiro atoms. The van der Waals surface area contributed by atoms with Crippen LogP contribution in [0.25, 0.3) is 6.08 Å². The zero-order valence-corrected chi connectivity index (χ0v) is 12.0. The molecule has 1 fully saturated rings. The number of ether oxygens (including phenoxy) is 2. The van der Waals surface area contributed by atoms with Crippen molar-refractivity contribution in [1.82, 2.24) is 0 Å². The summed E-state index contributed by atoms with van der Waals surface area (Å²) in [6.45, 7) is 2.80. The molecule has 0 N–H and O–H groups in total. The molecule has 0 aliphatic carbocycles. The number of allylic oxidation sites excluding steroid dienone is 1. The fraction of sp³-hybridized carbons (Fsp3) is 0.357. The van der Waals surface area contributed by atoms with E-state index >= 15 is 0 Å². The van der Waals surface area contributed by atoms with Gasteiger partial charge in [-0.2, -0.15) is 0 Å². The smallest absolute Gasteiger partial charge is 0.166 e. The van der Waals surface area contributed by atoms with Crippen LogP contribution >= 0.6 is 23.2 Å². The molecule has 1 aliphatic heterocycles. The molecule has 0 amide bonds. The minimum Gasteiger partial charge on any atom is -0.354 e. The van der Waals surface area contributed by atoms with Crippen LogP contribution < -0.4 is 0 Å². The van der Waals surface area contributed by atoms with Crippen LogP contribution in [0.5, 0.6) is 0 Å². The molecule has 0 aromatic heterocycles. The Kier molecular flexibility index (Phi) is 4.63. The van der Waals surface area contributed by atoms with Crippen molar-refractivity contribution in [2.75, 3.05) is 20.0 Å². The first-order valence-corrected chi connectivity index (χ1v) is 6.60. The molecule has 19 heavy (non-hydrogen) atoms. The lowest BCUT2D eigenvalue weighted by molar-refractivity contribution is -0.168. The highest BCUT2D eigenvalue weighted by Crippen LogP contribution is 2.25. The number of carbonyl (C=O) groups is 1. The van der Waals surface area contributed by atoms with Gasteiger partial charge >= 0.3 is 0 Å². The minimum absolute atomic E-state index is 0.0433. The molecule has 0 atom stereocenters. The van der Waals surface area contributed by atoms with Crippen LogP contribution in [0.1, 0.15) is 12.5 Å². The third kappa shape index (κ3) is 3.57. The Balaban J connectivity index is 2.11. The second-order valence-electron chi connectivity index (χ2n) is 4.74. The first-order chi connectivity index (χ1) is 9.01. The van der Waals surface area contributed by atoms with Gasteiger partial charge in [0.05, 0.1) is 18.6 Å². The molecule has 3 nitrogen and oxygen atoms in total. The van der Waals surface area contributed by atoms with Crippen molar-refractivity contribution in [1.29, 1.82) is 0 Å². The maximum Gasteiger partial charge on any atom is 0.166 e. The Morgan fingerprint density at radius 3 is 2.63 bits per heavy atom. The third-order valence-electron chi connectivity index (χ3n) is 2.98. The van der Waals surface area contributed by atoms with E-state index in [0.717, 1.165) is 5.56 Å². The summed E-state index contributed by atoms with van der Waals surface area (Å²) in [4.78, 5) is 12.2. The van der Waals surface area contributed by atoms with Crippen LogP contribution in [0.4, 0.5) is 0 Å². The summed E-state index contributed by atoms with van der Waals surface area (Å²) in [6, 6.07) is 5.14. The molecule has 1 heterocycles. The standard InChI is InChI=1S/C14H14Cl2O3/c1-14(7-18-9-19-8-14)13(17)5-3-10-2-4-11(15)6-12(10)16/h2-6H,7-9H2,1H3. The van der Waals surface area contributed by atoms with Crippen molar-refractivity contribution in [2.24, 2.45) is 5.41 Å². The van der Waals surface area contributed by atoms with Gasteiger partial charge in [0.25, 0.3) is 0 Å². The van der Waals surface area contributed by atoms with Crippen LogP contribution in [0.2, 0.25) is 10.0 Å². The topological polar surface area (TPSA) is 35.5 Å². The van der Waals surface area contributed by atoms with Gasteiger partial charge in [-0.25, -0.2) is 0 Å². The normalized spacial score (nSPS) is 18.7. The van der Waals surface area contributed by atoms with Gasteiger partial charge in [-0.05, 0) is 36.8 Å². The highest BCUT2D eigenvalue weighted by atomic mass is 35.5. The highest BCUT2D eigenvalue weighted by Gasteiger charge is 2.34. The van der Waals surface area contributed by atoms with E-state index in [9.17, 15) is 4.79 Å². The van der Waals surface area contributed by atoms with E-state index in [-0.39, 0.29) is 12.6 Å². The first kappa shape index (κ1) is 14.5. The number of hydrogen-bond donors (Lipinski definition) is 0. The molecule has 1 aliphatic rings. The molecule has 2 rings (SSSR count). The third-order valence-corrected chi connectivity index (χ3v) is 3.54. The molecular formula is C14H14Cl2O3. The van der Waals surface area contributed by atoms with Crippen LogP contribution in [-0.2, 0) is 14.3 Å². The zero-order valence-electron chi connectivity index (χ0n) is 10.5. The summed E-state index contributed by atoms with van der Waals surface area (Å²) in [5, 5.41) is 1.08. The van der Waals surface area contributed by atoms with Gasteiger partial charge in [0.1, 0.15) is 6.79 Å². The number of halogens is 2. The molecule has 1 aromatic carbocycles. The predicted octanol–water partition coefficient (Wildman–Crippen LogP) is 3.59. The second kappa shape index (κ2) is 6.06. The van der Waals surface area contributed by atoms with Crippen molar-refractivity contribution in [3.63, 3.8) is 0 Å². The van der Waals surface area contributed by atoms with E-state index in [1.165, 1.54) is 6.08 Å². The molecule has 0 unspecified atom stereocenters. The Morgan fingerprint density at radius 1 is 1.32 bits per heavy atom. The molecule has 1 saturated heterocycles. The number of benzene rings is 1. The van der Waals surface area contributed by atoms with Crippen LogP contribution in [0.3, 0.4) is 0 Å². The Bertz CT molecular complexity index is 505. The van der Waals surface area contributed by atoms with Gasteiger partial charge in [0, 0.05) is 10.0 Å². The van der Waals surface area contributed by atoms with E-state index in [4.69, 9.17) is 32.7 Å². The van der Waals surface area contributed by atoms with Gasteiger partial charge in [-0.3, -0.25) is 4.79 Å². The molecule has 1 aromatic rings. The number of hydrogen-bond acceptors (Lipinski definition) is 3. The van der Waals surface area contributed by atoms with Crippen LogP contribution in [0, 0.1) is 5.41 Å². The molecule has 102 valence electrons. The van der Waals surface area contributed by atoms with E-state index < -0.39 is 5.41 Å². The van der Waals surface area contributed by atoms with Gasteiger partial charge in [-0.1, -0.05) is 29.3 Å². The monoisotopic (exact) mass is 300 g/mol. The summed E-state index contributed by atoms with van der Waals surface area (Å²) in [7, 11) is 0. The van der Waals surface area contributed by atoms with E-state index in [0.29, 0.717) is 23.3 Å². The average Bonchev–Trinajstić information content (AvgIpc) is 2.38. The van der Waals surface area contributed by atoms with E-state index in [1.54, 1.807) is 24.3 Å². The van der Waals surface area contributed by atoms with Crippen molar-refractivity contribution in [2.45, 2.75) is 6.92 Å². The van der Waals surface area contributed by atoms with Crippen molar-refractivity contribution in [3.8, 4) is 0 Å². The lowest BCUT2D eigenvalue weighted by atomic mass is 9.86. The quantitative estimate of drug-likeness (QED) is 0.800. The summed E-state index contributed by atoms with van der Waals surface area (Å²) < 4.78 is 10.4. The van der Waals surface area contributed by atoms with Crippen LogP contribution in [-0.4, -0.2) is 25.8 Å². The first-order valence-electron chi connectivity index (χ1n) is 5.84. The number of rotatable bonds is 3. The maximum absolute atomic E-state index is 12.2. The van der Waals surface area contributed by atoms with Crippen molar-refractivity contribution in [3.05, 3.63) is 39.9 Å². The van der Waals surface area contributed by atoms with Crippen LogP contribution in [0.15, 0.2) is 24.3 Å². The zero-order chi connectivity index (χ0) is 13.9. The highest BCUT2D eigenvalue weighted by molar-refractivity contribution is 6.35. The molecule has 5 heteroatoms. The summed E-state index contributed by atoms with van der Waals surface area (Å²) in [5.74, 6) is -0.0433. The number of carbonyl (C=O) groups excluding carboxylic acids is 1. The SMILES string of the molecule is CC1(C(=O)C=Cc2ccc(Cl)cc2Cl)COCOC1. The lowest BCUT2D eigenvalue weighted by Crippen LogP contribution is -2.40. The van der Waals surface area contributed by atoms with E-state index in [2.05, 4.69) is 0 Å². The second-order valence-corrected chi connectivity index (χ2v) is 5.58. The van der Waals surface area contributed by atoms with Gasteiger partial charge in [0.15, 0.2) is 5.78 Å². The van der Waals surface area contributed by atoms with Gasteiger partial charge in [0.2, 0.25) is 0 Å². The molecule has 0 radical (unpaired) electrons. The lowest BCUT2D eigenvalue weighted by Gasteiger charge is -2.30. The Morgan fingerprint density at radius 2 is 2.00 bits per heavy atom. The van der Waals surface area contributed by atoms with Gasteiger partial charge in [-0.15, -0.1) is 0 Å². The Labute approximate surface area is 122 Å². The fourth-order valence-electron chi connectivity index (χ4n) is 1.78. The predicted molar refractivity (Wildman–Crippen MR) is 75.4 cm³/mol. The molecule has 0 saturated carbocycles. The molecule has 0 bridgehead atoms. The summed E-state index contributed by atoms with van der Waals surface area (Å²) in [6.07, 6.45) is 3.19. The number of ketones is 1. The van der Waals surface area contributed by atoms with Crippen molar-refractivity contribution < 1.29 is 14.3 Å².